The highest BCUT2D eigenvalue weighted by Gasteiger charge is 2.09. The van der Waals surface area contributed by atoms with Crippen LogP contribution in [0.25, 0.3) is 5.69 Å². The molecule has 0 atom stereocenters. The summed E-state index contributed by atoms with van der Waals surface area (Å²) in [7, 11) is 0. The predicted molar refractivity (Wildman–Crippen MR) is 53.6 cm³/mol. The first-order chi connectivity index (χ1) is 7.22. The Kier molecular flexibility index (Phi) is 2.33. The average molecular weight is 204 g/mol. The number of carbonyl (C=O) groups excluding carboxylic acids is 1. The lowest BCUT2D eigenvalue weighted by Crippen LogP contribution is -2.00. The standard InChI is InChI=1S/C11H9FN2O/c1-8-5-14(7-13-8)11-9(6-15)3-2-4-10(11)12/h2-7H,1H3. The van der Waals surface area contributed by atoms with Gasteiger partial charge < -0.3 is 4.57 Å². The number of hydrogen-bond acceptors (Lipinski definition) is 2. The van der Waals surface area contributed by atoms with Crippen LogP contribution >= 0.6 is 0 Å². The summed E-state index contributed by atoms with van der Waals surface area (Å²) in [4.78, 5) is 14.7. The summed E-state index contributed by atoms with van der Waals surface area (Å²) in [5.74, 6) is -0.433. The summed E-state index contributed by atoms with van der Waals surface area (Å²) in [6.45, 7) is 1.80. The van der Waals surface area contributed by atoms with Crippen LogP contribution in [0, 0.1) is 12.7 Å². The molecule has 1 heterocycles. The van der Waals surface area contributed by atoms with Crippen molar-refractivity contribution in [3.63, 3.8) is 0 Å². The molecule has 2 aromatic rings. The van der Waals surface area contributed by atoms with Gasteiger partial charge in [0.2, 0.25) is 0 Å². The second-order valence-corrected chi connectivity index (χ2v) is 3.22. The fourth-order valence-electron chi connectivity index (χ4n) is 1.44. The summed E-state index contributed by atoms with van der Waals surface area (Å²) >= 11 is 0. The number of aromatic nitrogens is 2. The molecule has 0 spiro atoms. The number of imidazole rings is 1. The van der Waals surface area contributed by atoms with Gasteiger partial charge in [-0.05, 0) is 19.1 Å². The zero-order valence-corrected chi connectivity index (χ0v) is 8.14. The van der Waals surface area contributed by atoms with E-state index in [0.717, 1.165) is 5.69 Å². The molecule has 3 nitrogen and oxygen atoms in total. The summed E-state index contributed by atoms with van der Waals surface area (Å²) in [5.41, 5.74) is 1.33. The number of carbonyl (C=O) groups is 1. The average Bonchev–Trinajstić information content (AvgIpc) is 2.64. The molecule has 0 bridgehead atoms. The van der Waals surface area contributed by atoms with Crippen molar-refractivity contribution < 1.29 is 9.18 Å². The Morgan fingerprint density at radius 2 is 2.27 bits per heavy atom. The molecule has 0 amide bonds. The molecule has 2 rings (SSSR count). The molecule has 1 aromatic heterocycles. The third-order valence-electron chi connectivity index (χ3n) is 2.11. The van der Waals surface area contributed by atoms with Crippen LogP contribution < -0.4 is 0 Å². The third-order valence-corrected chi connectivity index (χ3v) is 2.11. The van der Waals surface area contributed by atoms with Crippen LogP contribution in [0.15, 0.2) is 30.7 Å². The Hall–Kier alpha value is -1.97. The highest BCUT2D eigenvalue weighted by atomic mass is 19.1. The molecule has 76 valence electrons. The van der Waals surface area contributed by atoms with Crippen LogP contribution in [0.3, 0.4) is 0 Å². The van der Waals surface area contributed by atoms with Gasteiger partial charge in [-0.3, -0.25) is 4.79 Å². The molecule has 0 saturated carbocycles. The molecule has 0 N–H and O–H groups in total. The lowest BCUT2D eigenvalue weighted by Gasteiger charge is -2.06. The van der Waals surface area contributed by atoms with E-state index >= 15 is 0 Å². The van der Waals surface area contributed by atoms with Crippen LogP contribution in [0.1, 0.15) is 16.1 Å². The maximum atomic E-state index is 13.5. The maximum absolute atomic E-state index is 13.5. The van der Waals surface area contributed by atoms with Gasteiger partial charge in [-0.15, -0.1) is 0 Å². The first-order valence-corrected chi connectivity index (χ1v) is 4.47. The van der Waals surface area contributed by atoms with Crippen molar-refractivity contribution in [3.05, 3.63) is 47.8 Å². The van der Waals surface area contributed by atoms with E-state index in [9.17, 15) is 9.18 Å². The van der Waals surface area contributed by atoms with Crippen molar-refractivity contribution >= 4 is 6.29 Å². The molecule has 0 aliphatic rings. The first kappa shape index (κ1) is 9.58. The zero-order chi connectivity index (χ0) is 10.8. The normalized spacial score (nSPS) is 10.3. The molecule has 1 aromatic carbocycles. The van der Waals surface area contributed by atoms with Crippen molar-refractivity contribution in [2.45, 2.75) is 6.92 Å². The minimum absolute atomic E-state index is 0.244. The van der Waals surface area contributed by atoms with Gasteiger partial charge in [0, 0.05) is 11.8 Å². The molecule has 0 saturated heterocycles. The number of benzene rings is 1. The van der Waals surface area contributed by atoms with Crippen LogP contribution in [0.5, 0.6) is 0 Å². The molecular weight excluding hydrogens is 195 g/mol. The fraction of sp³-hybridized carbons (Fsp3) is 0.0909. The van der Waals surface area contributed by atoms with Crippen molar-refractivity contribution in [1.29, 1.82) is 0 Å². The number of halogens is 1. The highest BCUT2D eigenvalue weighted by molar-refractivity contribution is 5.81. The monoisotopic (exact) mass is 204 g/mol. The Bertz CT molecular complexity index is 505. The van der Waals surface area contributed by atoms with Crippen LogP contribution in [-0.2, 0) is 0 Å². The Morgan fingerprint density at radius 3 is 2.87 bits per heavy atom. The largest absolute Gasteiger partial charge is 0.303 e. The number of nitrogens with zero attached hydrogens (tertiary/aromatic N) is 2. The highest BCUT2D eigenvalue weighted by Crippen LogP contribution is 2.17. The van der Waals surface area contributed by atoms with E-state index in [-0.39, 0.29) is 5.69 Å². The second-order valence-electron chi connectivity index (χ2n) is 3.22. The molecule has 0 fully saturated rings. The van der Waals surface area contributed by atoms with Gasteiger partial charge in [-0.25, -0.2) is 9.37 Å². The molecule has 0 aliphatic heterocycles. The van der Waals surface area contributed by atoms with Gasteiger partial charge in [0.05, 0.1) is 17.7 Å². The van der Waals surface area contributed by atoms with Crippen LogP contribution in [0.4, 0.5) is 4.39 Å². The molecule has 0 aliphatic carbocycles. The van der Waals surface area contributed by atoms with Gasteiger partial charge in [0.1, 0.15) is 5.82 Å². The van der Waals surface area contributed by atoms with Crippen LogP contribution in [-0.4, -0.2) is 15.8 Å². The number of aryl methyl sites for hydroxylation is 1. The van der Waals surface area contributed by atoms with Crippen molar-refractivity contribution in [3.8, 4) is 5.69 Å². The van der Waals surface area contributed by atoms with Gasteiger partial charge in [0.25, 0.3) is 0 Å². The number of rotatable bonds is 2. The van der Waals surface area contributed by atoms with E-state index in [0.29, 0.717) is 11.8 Å². The van der Waals surface area contributed by atoms with Gasteiger partial charge in [-0.2, -0.15) is 0 Å². The summed E-state index contributed by atoms with van der Waals surface area (Å²) in [6, 6.07) is 4.39. The molecule has 4 heteroatoms. The lowest BCUT2D eigenvalue weighted by molar-refractivity contribution is 0.112. The summed E-state index contributed by atoms with van der Waals surface area (Å²) < 4.78 is 15.0. The number of para-hydroxylation sites is 1. The topological polar surface area (TPSA) is 34.9 Å². The molecule has 15 heavy (non-hydrogen) atoms. The van der Waals surface area contributed by atoms with E-state index in [1.807, 2.05) is 0 Å². The fourth-order valence-corrected chi connectivity index (χ4v) is 1.44. The molecule has 0 radical (unpaired) electrons. The zero-order valence-electron chi connectivity index (χ0n) is 8.14. The van der Waals surface area contributed by atoms with Crippen LogP contribution in [0.2, 0.25) is 0 Å². The van der Waals surface area contributed by atoms with Crippen molar-refractivity contribution in [2.75, 3.05) is 0 Å². The first-order valence-electron chi connectivity index (χ1n) is 4.47. The van der Waals surface area contributed by atoms with E-state index in [1.54, 1.807) is 19.2 Å². The Labute approximate surface area is 86.2 Å². The summed E-state index contributed by atoms with van der Waals surface area (Å²) in [6.07, 6.45) is 3.79. The van der Waals surface area contributed by atoms with Crippen molar-refractivity contribution in [2.24, 2.45) is 0 Å². The van der Waals surface area contributed by atoms with Gasteiger partial charge >= 0.3 is 0 Å². The third kappa shape index (κ3) is 1.66. The van der Waals surface area contributed by atoms with E-state index in [2.05, 4.69) is 4.98 Å². The molecule has 0 unspecified atom stereocenters. The smallest absolute Gasteiger partial charge is 0.152 e. The number of hydrogen-bond donors (Lipinski definition) is 0. The Morgan fingerprint density at radius 1 is 1.47 bits per heavy atom. The van der Waals surface area contributed by atoms with Crippen molar-refractivity contribution in [1.82, 2.24) is 9.55 Å². The second kappa shape index (κ2) is 3.65. The maximum Gasteiger partial charge on any atom is 0.152 e. The lowest BCUT2D eigenvalue weighted by atomic mass is 10.2. The van der Waals surface area contributed by atoms with Gasteiger partial charge in [0.15, 0.2) is 6.29 Å². The Balaban J connectivity index is 2.65. The van der Waals surface area contributed by atoms with E-state index < -0.39 is 5.82 Å². The number of aldehydes is 1. The minimum Gasteiger partial charge on any atom is -0.303 e. The van der Waals surface area contributed by atoms with E-state index in [4.69, 9.17) is 0 Å². The van der Waals surface area contributed by atoms with Gasteiger partial charge in [-0.1, -0.05) is 6.07 Å². The predicted octanol–water partition coefficient (Wildman–Crippen LogP) is 2.13. The van der Waals surface area contributed by atoms with E-state index in [1.165, 1.54) is 23.0 Å². The SMILES string of the molecule is Cc1cn(-c2c(F)cccc2C=O)cn1. The quantitative estimate of drug-likeness (QED) is 0.702. The summed E-state index contributed by atoms with van der Waals surface area (Å²) in [5, 5.41) is 0. The minimum atomic E-state index is -0.433. The molecular formula is C11H9FN2O.